The van der Waals surface area contributed by atoms with Gasteiger partial charge in [0.05, 0.1) is 6.61 Å². The number of piperidine rings is 1. The van der Waals surface area contributed by atoms with E-state index in [1.165, 1.54) is 5.56 Å². The minimum atomic E-state index is 0.0622. The SMILES string of the molecule is CCOc1cccc(NC(=O)C2CCN(Cc3ccc(Cl)cc3)CC2)c1. The third-order valence-corrected chi connectivity index (χ3v) is 4.94. The van der Waals surface area contributed by atoms with E-state index in [0.29, 0.717) is 6.61 Å². The normalized spacial score (nSPS) is 15.6. The highest BCUT2D eigenvalue weighted by Crippen LogP contribution is 2.23. The first-order chi connectivity index (χ1) is 12.6. The molecule has 0 spiro atoms. The van der Waals surface area contributed by atoms with E-state index >= 15 is 0 Å². The summed E-state index contributed by atoms with van der Waals surface area (Å²) in [6, 6.07) is 15.5. The Morgan fingerprint density at radius 1 is 1.19 bits per heavy atom. The number of nitrogens with one attached hydrogen (secondary N) is 1. The molecular formula is C21H25ClN2O2. The standard InChI is InChI=1S/C21H25ClN2O2/c1-2-26-20-5-3-4-19(14-20)23-21(25)17-10-12-24(13-11-17)15-16-6-8-18(22)9-7-16/h3-9,14,17H,2,10-13,15H2,1H3,(H,23,25). The number of ether oxygens (including phenoxy) is 1. The van der Waals surface area contributed by atoms with Crippen LogP contribution >= 0.6 is 11.6 Å². The third-order valence-electron chi connectivity index (χ3n) is 4.69. The van der Waals surface area contributed by atoms with Gasteiger partial charge in [0, 0.05) is 29.2 Å². The van der Waals surface area contributed by atoms with Crippen LogP contribution in [0.25, 0.3) is 0 Å². The Labute approximate surface area is 160 Å². The van der Waals surface area contributed by atoms with Crippen molar-refractivity contribution in [1.29, 1.82) is 0 Å². The zero-order chi connectivity index (χ0) is 18.4. The van der Waals surface area contributed by atoms with Crippen LogP contribution in [0, 0.1) is 5.92 Å². The molecule has 1 fully saturated rings. The van der Waals surface area contributed by atoms with Crippen LogP contribution in [0.15, 0.2) is 48.5 Å². The van der Waals surface area contributed by atoms with E-state index in [1.807, 2.05) is 43.3 Å². The minimum absolute atomic E-state index is 0.0622. The van der Waals surface area contributed by atoms with E-state index in [0.717, 1.165) is 48.9 Å². The van der Waals surface area contributed by atoms with Crippen molar-refractivity contribution in [2.45, 2.75) is 26.3 Å². The van der Waals surface area contributed by atoms with Gasteiger partial charge >= 0.3 is 0 Å². The average Bonchev–Trinajstić information content (AvgIpc) is 2.65. The summed E-state index contributed by atoms with van der Waals surface area (Å²) in [7, 11) is 0. The van der Waals surface area contributed by atoms with E-state index in [-0.39, 0.29) is 11.8 Å². The van der Waals surface area contributed by atoms with Crippen LogP contribution in [0.2, 0.25) is 5.02 Å². The van der Waals surface area contributed by atoms with Crippen molar-refractivity contribution in [3.8, 4) is 5.75 Å². The molecule has 26 heavy (non-hydrogen) atoms. The first-order valence-electron chi connectivity index (χ1n) is 9.14. The highest BCUT2D eigenvalue weighted by molar-refractivity contribution is 6.30. The number of anilines is 1. The summed E-state index contributed by atoms with van der Waals surface area (Å²) in [6.45, 7) is 5.33. The number of hydrogen-bond donors (Lipinski definition) is 1. The number of nitrogens with zero attached hydrogens (tertiary/aromatic N) is 1. The molecule has 5 heteroatoms. The molecule has 0 unspecified atom stereocenters. The number of rotatable bonds is 6. The first-order valence-corrected chi connectivity index (χ1v) is 9.52. The van der Waals surface area contributed by atoms with E-state index < -0.39 is 0 Å². The van der Waals surface area contributed by atoms with Crippen molar-refractivity contribution < 1.29 is 9.53 Å². The van der Waals surface area contributed by atoms with Crippen LogP contribution in [0.3, 0.4) is 0 Å². The van der Waals surface area contributed by atoms with Crippen molar-refractivity contribution in [1.82, 2.24) is 4.90 Å². The van der Waals surface area contributed by atoms with Gasteiger partial charge in [0.15, 0.2) is 0 Å². The molecule has 1 aliphatic rings. The van der Waals surface area contributed by atoms with Crippen LogP contribution in [0.5, 0.6) is 5.75 Å². The second-order valence-electron chi connectivity index (χ2n) is 6.63. The van der Waals surface area contributed by atoms with Crippen LogP contribution in [0.1, 0.15) is 25.3 Å². The fraction of sp³-hybridized carbons (Fsp3) is 0.381. The van der Waals surface area contributed by atoms with Gasteiger partial charge in [-0.1, -0.05) is 29.8 Å². The summed E-state index contributed by atoms with van der Waals surface area (Å²) in [6.07, 6.45) is 1.76. The maximum absolute atomic E-state index is 12.6. The molecule has 0 bridgehead atoms. The molecule has 0 aromatic heterocycles. The minimum Gasteiger partial charge on any atom is -0.494 e. The Morgan fingerprint density at radius 3 is 2.62 bits per heavy atom. The lowest BCUT2D eigenvalue weighted by Crippen LogP contribution is -2.37. The summed E-state index contributed by atoms with van der Waals surface area (Å²) >= 11 is 5.94. The molecule has 2 aromatic rings. The molecule has 138 valence electrons. The second kappa shape index (κ2) is 9.06. The van der Waals surface area contributed by atoms with Gasteiger partial charge in [-0.05, 0) is 62.7 Å². The fourth-order valence-electron chi connectivity index (χ4n) is 3.28. The Hall–Kier alpha value is -2.04. The lowest BCUT2D eigenvalue weighted by atomic mass is 9.95. The van der Waals surface area contributed by atoms with Gasteiger partial charge in [-0.25, -0.2) is 0 Å². The largest absolute Gasteiger partial charge is 0.494 e. The third kappa shape index (κ3) is 5.23. The van der Waals surface area contributed by atoms with Gasteiger partial charge in [0.2, 0.25) is 5.91 Å². The predicted octanol–water partition coefficient (Wildman–Crippen LogP) is 4.59. The molecular weight excluding hydrogens is 348 g/mol. The van der Waals surface area contributed by atoms with Crippen molar-refractivity contribution >= 4 is 23.2 Å². The van der Waals surface area contributed by atoms with Crippen molar-refractivity contribution in [3.63, 3.8) is 0 Å². The number of carbonyl (C=O) groups excluding carboxylic acids is 1. The molecule has 0 saturated carbocycles. The average molecular weight is 373 g/mol. The number of amides is 1. The van der Waals surface area contributed by atoms with Crippen LogP contribution < -0.4 is 10.1 Å². The Kier molecular flexibility index (Phi) is 6.53. The summed E-state index contributed by atoms with van der Waals surface area (Å²) < 4.78 is 5.49. The molecule has 0 atom stereocenters. The fourth-order valence-corrected chi connectivity index (χ4v) is 3.40. The molecule has 0 radical (unpaired) electrons. The molecule has 2 aromatic carbocycles. The van der Waals surface area contributed by atoms with Gasteiger partial charge in [-0.2, -0.15) is 0 Å². The van der Waals surface area contributed by atoms with Crippen LogP contribution in [-0.2, 0) is 11.3 Å². The first kappa shape index (κ1) is 18.7. The molecule has 1 saturated heterocycles. The Morgan fingerprint density at radius 2 is 1.92 bits per heavy atom. The van der Waals surface area contributed by atoms with Gasteiger partial charge < -0.3 is 10.1 Å². The number of carbonyl (C=O) groups is 1. The van der Waals surface area contributed by atoms with Gasteiger partial charge in [0.25, 0.3) is 0 Å². The van der Waals surface area contributed by atoms with E-state index in [1.54, 1.807) is 0 Å². The number of hydrogen-bond acceptors (Lipinski definition) is 3. The Bertz CT molecular complexity index is 725. The van der Waals surface area contributed by atoms with Gasteiger partial charge in [-0.3, -0.25) is 9.69 Å². The van der Waals surface area contributed by atoms with Crippen LogP contribution in [0.4, 0.5) is 5.69 Å². The summed E-state index contributed by atoms with van der Waals surface area (Å²) in [5.74, 6) is 0.945. The van der Waals surface area contributed by atoms with Crippen molar-refractivity contribution in [3.05, 3.63) is 59.1 Å². The number of benzene rings is 2. The zero-order valence-electron chi connectivity index (χ0n) is 15.1. The topological polar surface area (TPSA) is 41.6 Å². The molecule has 0 aliphatic carbocycles. The molecule has 1 aliphatic heterocycles. The second-order valence-corrected chi connectivity index (χ2v) is 7.06. The molecule has 1 heterocycles. The predicted molar refractivity (Wildman–Crippen MR) is 106 cm³/mol. The van der Waals surface area contributed by atoms with Gasteiger partial charge in [-0.15, -0.1) is 0 Å². The monoisotopic (exact) mass is 372 g/mol. The lowest BCUT2D eigenvalue weighted by Gasteiger charge is -2.31. The maximum atomic E-state index is 12.6. The molecule has 3 rings (SSSR count). The highest BCUT2D eigenvalue weighted by Gasteiger charge is 2.25. The summed E-state index contributed by atoms with van der Waals surface area (Å²) in [5, 5.41) is 3.79. The lowest BCUT2D eigenvalue weighted by molar-refractivity contribution is -0.121. The highest BCUT2D eigenvalue weighted by atomic mass is 35.5. The Balaban J connectivity index is 1.48. The number of likely N-dealkylation sites (tertiary alicyclic amines) is 1. The van der Waals surface area contributed by atoms with E-state index in [2.05, 4.69) is 22.3 Å². The van der Waals surface area contributed by atoms with E-state index in [9.17, 15) is 4.79 Å². The zero-order valence-corrected chi connectivity index (χ0v) is 15.8. The van der Waals surface area contributed by atoms with Gasteiger partial charge in [0.1, 0.15) is 5.75 Å². The smallest absolute Gasteiger partial charge is 0.227 e. The maximum Gasteiger partial charge on any atom is 0.227 e. The van der Waals surface area contributed by atoms with Crippen LogP contribution in [-0.4, -0.2) is 30.5 Å². The summed E-state index contributed by atoms with van der Waals surface area (Å²) in [5.41, 5.74) is 2.05. The van der Waals surface area contributed by atoms with Crippen molar-refractivity contribution in [2.24, 2.45) is 5.92 Å². The number of halogens is 1. The van der Waals surface area contributed by atoms with Crippen molar-refractivity contribution in [2.75, 3.05) is 25.0 Å². The summed E-state index contributed by atoms with van der Waals surface area (Å²) in [4.78, 5) is 14.9. The quantitative estimate of drug-likeness (QED) is 0.806. The molecule has 1 N–H and O–H groups in total. The van der Waals surface area contributed by atoms with E-state index in [4.69, 9.17) is 16.3 Å². The molecule has 1 amide bonds. The molecule has 4 nitrogen and oxygen atoms in total.